The number of hydrogen-bond acceptors (Lipinski definition) is 3. The molecule has 0 aliphatic carbocycles. The normalized spacial score (nSPS) is 18.7. The maximum atomic E-state index is 12.1. The Balaban J connectivity index is 2.03. The molecule has 1 heterocycles. The van der Waals surface area contributed by atoms with Crippen molar-refractivity contribution < 1.29 is 14.7 Å². The molecule has 0 radical (unpaired) electrons. The van der Waals surface area contributed by atoms with E-state index in [1.165, 1.54) is 5.56 Å². The van der Waals surface area contributed by atoms with Crippen molar-refractivity contribution in [2.45, 2.75) is 38.9 Å². The lowest BCUT2D eigenvalue weighted by Gasteiger charge is -2.39. The third kappa shape index (κ3) is 3.95. The van der Waals surface area contributed by atoms with E-state index in [2.05, 4.69) is 34.9 Å². The zero-order valence-electron chi connectivity index (χ0n) is 15.8. The average Bonchev–Trinajstić information content (AvgIpc) is 2.61. The molecule has 1 aliphatic heterocycles. The van der Waals surface area contributed by atoms with E-state index >= 15 is 0 Å². The predicted molar refractivity (Wildman–Crippen MR) is 106 cm³/mol. The van der Waals surface area contributed by atoms with Gasteiger partial charge < -0.3 is 20.6 Å². The fourth-order valence-corrected chi connectivity index (χ4v) is 3.83. The number of carboxylic acid groups (broad SMARTS) is 1. The minimum atomic E-state index is -1.06. The van der Waals surface area contributed by atoms with Gasteiger partial charge in [-0.25, -0.2) is 4.79 Å². The summed E-state index contributed by atoms with van der Waals surface area (Å²) in [4.78, 5) is 25.1. The van der Waals surface area contributed by atoms with Crippen LogP contribution in [0.5, 0.6) is 0 Å². The van der Waals surface area contributed by atoms with Crippen LogP contribution in [0.25, 0.3) is 11.1 Å². The molecule has 3 N–H and O–H groups in total. The van der Waals surface area contributed by atoms with E-state index in [1.54, 1.807) is 11.8 Å². The van der Waals surface area contributed by atoms with E-state index in [4.69, 9.17) is 0 Å². The minimum Gasteiger partial charge on any atom is -0.465 e. The highest BCUT2D eigenvalue weighted by Gasteiger charge is 2.33. The van der Waals surface area contributed by atoms with Gasteiger partial charge in [0, 0.05) is 25.2 Å². The highest BCUT2D eigenvalue weighted by atomic mass is 16.4. The lowest BCUT2D eigenvalue weighted by atomic mass is 9.89. The second-order valence-corrected chi connectivity index (χ2v) is 6.98. The van der Waals surface area contributed by atoms with Gasteiger partial charge in [0.05, 0.1) is 6.04 Å². The SMILES string of the molecule is CNCc1ccc(-c2ccc3c(c2)C(NC(=O)O)CC(C)N3C(C)=O)cc1. The Morgan fingerprint density at radius 3 is 2.41 bits per heavy atom. The van der Waals surface area contributed by atoms with Crippen molar-refractivity contribution in [1.82, 2.24) is 10.6 Å². The zero-order valence-corrected chi connectivity index (χ0v) is 15.8. The van der Waals surface area contributed by atoms with Gasteiger partial charge in [-0.2, -0.15) is 0 Å². The molecule has 2 atom stereocenters. The summed E-state index contributed by atoms with van der Waals surface area (Å²) in [7, 11) is 1.91. The van der Waals surface area contributed by atoms with E-state index in [9.17, 15) is 14.7 Å². The first kappa shape index (κ1) is 18.9. The molecule has 0 bridgehead atoms. The second-order valence-electron chi connectivity index (χ2n) is 6.98. The smallest absolute Gasteiger partial charge is 0.405 e. The Bertz CT molecular complexity index is 848. The third-order valence-corrected chi connectivity index (χ3v) is 4.99. The first-order valence-electron chi connectivity index (χ1n) is 9.07. The van der Waals surface area contributed by atoms with Gasteiger partial charge in [-0.15, -0.1) is 0 Å². The molecule has 27 heavy (non-hydrogen) atoms. The summed E-state index contributed by atoms with van der Waals surface area (Å²) in [5, 5.41) is 15.0. The number of rotatable bonds is 4. The molecule has 2 unspecified atom stereocenters. The fourth-order valence-electron chi connectivity index (χ4n) is 3.83. The van der Waals surface area contributed by atoms with Crippen LogP contribution >= 0.6 is 0 Å². The van der Waals surface area contributed by atoms with Crippen molar-refractivity contribution in [3.63, 3.8) is 0 Å². The summed E-state index contributed by atoms with van der Waals surface area (Å²) >= 11 is 0. The standard InChI is InChI=1S/C21H25N3O3/c1-13-10-19(23-21(26)27)18-11-17(8-9-20(18)24(13)14(2)25)16-6-4-15(5-7-16)12-22-3/h4-9,11,13,19,22-23H,10,12H2,1-3H3,(H,26,27). The van der Waals surface area contributed by atoms with Crippen LogP contribution in [0.2, 0.25) is 0 Å². The number of amides is 2. The van der Waals surface area contributed by atoms with Crippen LogP contribution in [0.15, 0.2) is 42.5 Å². The van der Waals surface area contributed by atoms with Crippen LogP contribution in [0, 0.1) is 0 Å². The molecule has 0 fully saturated rings. The van der Waals surface area contributed by atoms with Crippen molar-refractivity contribution >= 4 is 17.7 Å². The van der Waals surface area contributed by atoms with E-state index in [1.807, 2.05) is 32.2 Å². The van der Waals surface area contributed by atoms with Crippen molar-refractivity contribution in [2.75, 3.05) is 11.9 Å². The number of hydrogen-bond donors (Lipinski definition) is 3. The molecule has 0 saturated heterocycles. The summed E-state index contributed by atoms with van der Waals surface area (Å²) in [6, 6.07) is 13.7. The molecule has 6 heteroatoms. The van der Waals surface area contributed by atoms with Crippen LogP contribution in [0.1, 0.15) is 37.4 Å². The molecule has 0 saturated carbocycles. The summed E-state index contributed by atoms with van der Waals surface area (Å²) in [6.07, 6.45) is -0.514. The molecule has 142 valence electrons. The van der Waals surface area contributed by atoms with Crippen molar-refractivity contribution in [2.24, 2.45) is 0 Å². The molecule has 0 spiro atoms. The first-order valence-corrected chi connectivity index (χ1v) is 9.07. The monoisotopic (exact) mass is 367 g/mol. The van der Waals surface area contributed by atoms with Gasteiger partial charge in [-0.05, 0) is 54.8 Å². The van der Waals surface area contributed by atoms with Crippen LogP contribution in [-0.2, 0) is 11.3 Å². The molecule has 1 aliphatic rings. The van der Waals surface area contributed by atoms with Crippen LogP contribution < -0.4 is 15.5 Å². The number of benzene rings is 2. The van der Waals surface area contributed by atoms with Gasteiger partial charge in [0.1, 0.15) is 0 Å². The Kier molecular flexibility index (Phi) is 5.46. The maximum Gasteiger partial charge on any atom is 0.405 e. The van der Waals surface area contributed by atoms with E-state index in [-0.39, 0.29) is 18.0 Å². The lowest BCUT2D eigenvalue weighted by Crippen LogP contribution is -2.45. The minimum absolute atomic E-state index is 0.0401. The summed E-state index contributed by atoms with van der Waals surface area (Å²) in [5.74, 6) is -0.0401. The Morgan fingerprint density at radius 1 is 1.15 bits per heavy atom. The van der Waals surface area contributed by atoms with Gasteiger partial charge in [0.25, 0.3) is 0 Å². The quantitative estimate of drug-likeness (QED) is 0.772. The molecule has 3 rings (SSSR count). The number of nitrogens with one attached hydrogen (secondary N) is 2. The fraction of sp³-hybridized carbons (Fsp3) is 0.333. The number of nitrogens with zero attached hydrogens (tertiary/aromatic N) is 1. The zero-order chi connectivity index (χ0) is 19.6. The average molecular weight is 367 g/mol. The van der Waals surface area contributed by atoms with Crippen LogP contribution in [0.3, 0.4) is 0 Å². The molecular formula is C21H25N3O3. The number of fused-ring (bicyclic) bond motifs is 1. The highest BCUT2D eigenvalue weighted by Crippen LogP contribution is 2.39. The Labute approximate surface area is 159 Å². The molecule has 6 nitrogen and oxygen atoms in total. The molecule has 2 aromatic carbocycles. The number of carbonyl (C=O) groups is 2. The Hall–Kier alpha value is -2.86. The summed E-state index contributed by atoms with van der Waals surface area (Å²) in [6.45, 7) is 4.29. The summed E-state index contributed by atoms with van der Waals surface area (Å²) in [5.41, 5.74) is 4.86. The van der Waals surface area contributed by atoms with E-state index < -0.39 is 6.09 Å². The molecular weight excluding hydrogens is 342 g/mol. The van der Waals surface area contributed by atoms with Gasteiger partial charge >= 0.3 is 6.09 Å². The lowest BCUT2D eigenvalue weighted by molar-refractivity contribution is -0.117. The van der Waals surface area contributed by atoms with E-state index in [0.29, 0.717) is 6.42 Å². The predicted octanol–water partition coefficient (Wildman–Crippen LogP) is 3.53. The van der Waals surface area contributed by atoms with Gasteiger partial charge in [0.2, 0.25) is 5.91 Å². The highest BCUT2D eigenvalue weighted by molar-refractivity contribution is 5.94. The van der Waals surface area contributed by atoms with Crippen LogP contribution in [0.4, 0.5) is 10.5 Å². The first-order chi connectivity index (χ1) is 12.9. The molecule has 0 aromatic heterocycles. The van der Waals surface area contributed by atoms with Crippen molar-refractivity contribution in [3.05, 3.63) is 53.6 Å². The largest absolute Gasteiger partial charge is 0.465 e. The molecule has 2 amide bonds. The second kappa shape index (κ2) is 7.80. The van der Waals surface area contributed by atoms with Crippen molar-refractivity contribution in [1.29, 1.82) is 0 Å². The molecule has 2 aromatic rings. The van der Waals surface area contributed by atoms with Crippen LogP contribution in [-0.4, -0.2) is 30.2 Å². The van der Waals surface area contributed by atoms with Gasteiger partial charge in [-0.3, -0.25) is 4.79 Å². The van der Waals surface area contributed by atoms with Gasteiger partial charge in [0.15, 0.2) is 0 Å². The van der Waals surface area contributed by atoms with E-state index in [0.717, 1.165) is 28.9 Å². The Morgan fingerprint density at radius 2 is 1.81 bits per heavy atom. The van der Waals surface area contributed by atoms with Gasteiger partial charge in [-0.1, -0.05) is 30.3 Å². The number of anilines is 1. The van der Waals surface area contributed by atoms with Crippen molar-refractivity contribution in [3.8, 4) is 11.1 Å². The topological polar surface area (TPSA) is 81.7 Å². The third-order valence-electron chi connectivity index (χ3n) is 4.99. The number of carbonyl (C=O) groups excluding carboxylic acids is 1. The summed E-state index contributed by atoms with van der Waals surface area (Å²) < 4.78 is 0. The maximum absolute atomic E-state index is 12.1.